The fourth-order valence-electron chi connectivity index (χ4n) is 3.62. The molecule has 10 nitrogen and oxygen atoms in total. The summed E-state index contributed by atoms with van der Waals surface area (Å²) in [6.07, 6.45) is 1.32. The first-order valence-electron chi connectivity index (χ1n) is 9.97. The van der Waals surface area contributed by atoms with Crippen molar-refractivity contribution in [3.63, 3.8) is 0 Å². The van der Waals surface area contributed by atoms with Crippen LogP contribution in [0.5, 0.6) is 0 Å². The molecule has 0 saturated carbocycles. The number of rotatable bonds is 7. The summed E-state index contributed by atoms with van der Waals surface area (Å²) in [4.78, 5) is 24.5. The van der Waals surface area contributed by atoms with Crippen LogP contribution in [-0.2, 0) is 24.3 Å². The van der Waals surface area contributed by atoms with E-state index in [9.17, 15) is 23.3 Å². The summed E-state index contributed by atoms with van der Waals surface area (Å²) in [6, 6.07) is 3.80. The molecule has 3 rings (SSSR count). The van der Waals surface area contributed by atoms with Gasteiger partial charge in [0.25, 0.3) is 11.6 Å². The summed E-state index contributed by atoms with van der Waals surface area (Å²) in [5.74, 6) is -0.184. The first kappa shape index (κ1) is 22.6. The zero-order valence-corrected chi connectivity index (χ0v) is 18.0. The van der Waals surface area contributed by atoms with Gasteiger partial charge in [-0.1, -0.05) is 6.07 Å². The SMILES string of the molecule is Cc1ccc([N+](=O)[O-])cc1S(=O)(=O)N1CCN(C(=O)C(C)OCC2CCCO2)CC1. The average Bonchev–Trinajstić information content (AvgIpc) is 3.25. The van der Waals surface area contributed by atoms with E-state index in [1.54, 1.807) is 18.7 Å². The highest BCUT2D eigenvalue weighted by atomic mass is 32.2. The molecule has 1 aromatic carbocycles. The van der Waals surface area contributed by atoms with Crippen molar-refractivity contribution in [3.05, 3.63) is 33.9 Å². The van der Waals surface area contributed by atoms with Crippen LogP contribution >= 0.6 is 0 Å². The summed E-state index contributed by atoms with van der Waals surface area (Å²) in [6.45, 7) is 5.09. The van der Waals surface area contributed by atoms with Gasteiger partial charge in [-0.2, -0.15) is 4.31 Å². The molecule has 0 spiro atoms. The largest absolute Gasteiger partial charge is 0.376 e. The number of nitro benzene ring substituents is 1. The highest BCUT2D eigenvalue weighted by Crippen LogP contribution is 2.25. The number of benzene rings is 1. The molecule has 2 heterocycles. The fourth-order valence-corrected chi connectivity index (χ4v) is 5.29. The molecule has 0 aromatic heterocycles. The molecule has 2 atom stereocenters. The van der Waals surface area contributed by atoms with Crippen LogP contribution in [0.15, 0.2) is 23.1 Å². The zero-order chi connectivity index (χ0) is 21.9. The Morgan fingerprint density at radius 2 is 2.03 bits per heavy atom. The molecule has 0 radical (unpaired) electrons. The molecule has 2 unspecified atom stereocenters. The minimum atomic E-state index is -3.90. The van der Waals surface area contributed by atoms with Gasteiger partial charge in [-0.3, -0.25) is 14.9 Å². The standard InChI is InChI=1S/C19H27N3O7S/c1-14-5-6-16(22(24)25)12-18(14)30(26,27)21-9-7-20(8-10-21)19(23)15(2)29-13-17-4-3-11-28-17/h5-6,12,15,17H,3-4,7-11,13H2,1-2H3. The molecule has 0 bridgehead atoms. The van der Waals surface area contributed by atoms with E-state index in [0.717, 1.165) is 25.5 Å². The highest BCUT2D eigenvalue weighted by molar-refractivity contribution is 7.89. The van der Waals surface area contributed by atoms with Crippen LogP contribution in [0.25, 0.3) is 0 Å². The summed E-state index contributed by atoms with van der Waals surface area (Å²) in [5.41, 5.74) is 0.167. The second kappa shape index (κ2) is 9.38. The summed E-state index contributed by atoms with van der Waals surface area (Å²) in [5, 5.41) is 11.0. The van der Waals surface area contributed by atoms with Crippen LogP contribution in [0.4, 0.5) is 5.69 Å². The molecule has 11 heteroatoms. The van der Waals surface area contributed by atoms with Gasteiger partial charge in [0.05, 0.1) is 22.5 Å². The Kier molecular flexibility index (Phi) is 7.06. The Bertz CT molecular complexity index is 891. The number of amides is 1. The van der Waals surface area contributed by atoms with Crippen LogP contribution in [0.3, 0.4) is 0 Å². The van der Waals surface area contributed by atoms with Crippen LogP contribution in [0.2, 0.25) is 0 Å². The van der Waals surface area contributed by atoms with Gasteiger partial charge in [0.1, 0.15) is 6.10 Å². The number of piperazine rings is 1. The van der Waals surface area contributed by atoms with Crippen molar-refractivity contribution in [2.24, 2.45) is 0 Å². The number of sulfonamides is 1. The second-order valence-electron chi connectivity index (χ2n) is 7.55. The molecule has 2 fully saturated rings. The van der Waals surface area contributed by atoms with Gasteiger partial charge in [0.15, 0.2) is 0 Å². The lowest BCUT2D eigenvalue weighted by Crippen LogP contribution is -2.53. The highest BCUT2D eigenvalue weighted by Gasteiger charge is 2.33. The molecule has 166 valence electrons. The minimum Gasteiger partial charge on any atom is -0.376 e. The van der Waals surface area contributed by atoms with Crippen LogP contribution in [0.1, 0.15) is 25.3 Å². The number of nitro groups is 1. The van der Waals surface area contributed by atoms with Crippen LogP contribution in [-0.4, -0.2) is 80.1 Å². The molecule has 1 amide bonds. The Balaban J connectivity index is 1.59. The first-order valence-corrected chi connectivity index (χ1v) is 11.4. The third-order valence-electron chi connectivity index (χ3n) is 5.45. The quantitative estimate of drug-likeness (QED) is 0.462. The van der Waals surface area contributed by atoms with Crippen molar-refractivity contribution in [2.45, 2.75) is 43.8 Å². The first-order chi connectivity index (χ1) is 14.2. The molecule has 2 aliphatic rings. The molecular weight excluding hydrogens is 414 g/mol. The van der Waals surface area contributed by atoms with Gasteiger partial charge >= 0.3 is 0 Å². The third kappa shape index (κ3) is 4.97. The average molecular weight is 442 g/mol. The van der Waals surface area contributed by atoms with Gasteiger partial charge in [-0.05, 0) is 32.3 Å². The molecule has 30 heavy (non-hydrogen) atoms. The number of carbonyl (C=O) groups excluding carboxylic acids is 1. The van der Waals surface area contributed by atoms with Crippen LogP contribution < -0.4 is 0 Å². The number of nitrogens with zero attached hydrogens (tertiary/aromatic N) is 3. The van der Waals surface area contributed by atoms with E-state index in [0.29, 0.717) is 12.2 Å². The van der Waals surface area contributed by atoms with E-state index in [-0.39, 0.29) is 48.8 Å². The van der Waals surface area contributed by atoms with Crippen molar-refractivity contribution < 1.29 is 27.6 Å². The lowest BCUT2D eigenvalue weighted by molar-refractivity contribution is -0.385. The van der Waals surface area contributed by atoms with E-state index in [4.69, 9.17) is 9.47 Å². The number of hydrogen-bond donors (Lipinski definition) is 0. The lowest BCUT2D eigenvalue weighted by Gasteiger charge is -2.35. The van der Waals surface area contributed by atoms with E-state index in [1.165, 1.54) is 16.4 Å². The summed E-state index contributed by atoms with van der Waals surface area (Å²) in [7, 11) is -3.90. The molecule has 2 saturated heterocycles. The normalized spacial score (nSPS) is 21.5. The van der Waals surface area contributed by atoms with E-state index in [2.05, 4.69) is 0 Å². The van der Waals surface area contributed by atoms with E-state index >= 15 is 0 Å². The van der Waals surface area contributed by atoms with Crippen molar-refractivity contribution in [3.8, 4) is 0 Å². The molecule has 0 N–H and O–H groups in total. The van der Waals surface area contributed by atoms with Gasteiger partial charge in [0.2, 0.25) is 10.0 Å². The van der Waals surface area contributed by atoms with E-state index in [1.807, 2.05) is 0 Å². The van der Waals surface area contributed by atoms with Crippen molar-refractivity contribution in [1.82, 2.24) is 9.21 Å². The Labute approximate surface area is 175 Å². The van der Waals surface area contributed by atoms with Gasteiger partial charge in [0, 0.05) is 44.9 Å². The fraction of sp³-hybridized carbons (Fsp3) is 0.632. The molecule has 1 aromatic rings. The number of carbonyl (C=O) groups is 1. The third-order valence-corrected chi connectivity index (χ3v) is 7.50. The molecule has 2 aliphatic heterocycles. The van der Waals surface area contributed by atoms with Gasteiger partial charge < -0.3 is 14.4 Å². The maximum absolute atomic E-state index is 13.0. The molecular formula is C19H27N3O7S. The predicted octanol–water partition coefficient (Wildman–Crippen LogP) is 1.32. The lowest BCUT2D eigenvalue weighted by atomic mass is 10.2. The van der Waals surface area contributed by atoms with Gasteiger partial charge in [-0.25, -0.2) is 8.42 Å². The van der Waals surface area contributed by atoms with Crippen LogP contribution in [0, 0.1) is 17.0 Å². The monoisotopic (exact) mass is 441 g/mol. The number of hydrogen-bond acceptors (Lipinski definition) is 7. The minimum absolute atomic E-state index is 0.0282. The summed E-state index contributed by atoms with van der Waals surface area (Å²) >= 11 is 0. The Morgan fingerprint density at radius 1 is 1.33 bits per heavy atom. The predicted molar refractivity (Wildman–Crippen MR) is 108 cm³/mol. The maximum atomic E-state index is 13.0. The number of non-ortho nitro benzene ring substituents is 1. The smallest absolute Gasteiger partial charge is 0.270 e. The van der Waals surface area contributed by atoms with Crippen molar-refractivity contribution >= 4 is 21.6 Å². The van der Waals surface area contributed by atoms with E-state index < -0.39 is 21.1 Å². The number of aryl methyl sites for hydroxylation is 1. The second-order valence-corrected chi connectivity index (χ2v) is 9.45. The van der Waals surface area contributed by atoms with Crippen molar-refractivity contribution in [1.29, 1.82) is 0 Å². The topological polar surface area (TPSA) is 119 Å². The Hall–Kier alpha value is -2.08. The Morgan fingerprint density at radius 3 is 2.63 bits per heavy atom. The summed E-state index contributed by atoms with van der Waals surface area (Å²) < 4.78 is 38.4. The van der Waals surface area contributed by atoms with Gasteiger partial charge in [-0.15, -0.1) is 0 Å². The van der Waals surface area contributed by atoms with Crippen molar-refractivity contribution in [2.75, 3.05) is 39.4 Å². The number of ether oxygens (including phenoxy) is 2. The maximum Gasteiger partial charge on any atom is 0.270 e. The zero-order valence-electron chi connectivity index (χ0n) is 17.2. The molecule has 0 aliphatic carbocycles.